The average molecular weight is 290 g/mol. The van der Waals surface area contributed by atoms with E-state index in [1.54, 1.807) is 0 Å². The van der Waals surface area contributed by atoms with Crippen LogP contribution in [0.25, 0.3) is 0 Å². The molecule has 100 valence electrons. The monoisotopic (exact) mass is 289 g/mol. The lowest BCUT2D eigenvalue weighted by molar-refractivity contribution is 0.102. The molecule has 2 N–H and O–H groups in total. The number of rotatable bonds is 3. The Hall–Kier alpha value is -2.02. The number of anilines is 1. The van der Waals surface area contributed by atoms with E-state index >= 15 is 0 Å². The second-order valence-corrected chi connectivity index (χ2v) is 3.99. The van der Waals surface area contributed by atoms with Crippen LogP contribution in [-0.2, 0) is 0 Å². The predicted octanol–water partition coefficient (Wildman–Crippen LogP) is 3.39. The van der Waals surface area contributed by atoms with Crippen molar-refractivity contribution < 1.29 is 18.0 Å². The summed E-state index contributed by atoms with van der Waals surface area (Å²) in [7, 11) is 0. The Balaban J connectivity index is 2.16. The molecule has 4 nitrogen and oxygen atoms in total. The molecular formula is C11H7ClF3N3O. The fraction of sp³-hybridized carbons (Fsp3) is 0.0909. The number of hydrogen-bond donors (Lipinski definition) is 2. The number of benzene rings is 1. The van der Waals surface area contributed by atoms with Crippen molar-refractivity contribution in [1.29, 1.82) is 0 Å². The van der Waals surface area contributed by atoms with Gasteiger partial charge in [-0.15, -0.1) is 0 Å². The molecule has 0 saturated heterocycles. The standard InChI is InChI=1S/C11H7ClF3N3O/c12-6-3-5(13)1-2-7(6)16-11(19)9-4-8(10(14)15)17-18-9/h1-4,10H,(H,16,19)(H,17,18). The highest BCUT2D eigenvalue weighted by atomic mass is 35.5. The van der Waals surface area contributed by atoms with E-state index in [2.05, 4.69) is 10.4 Å². The molecule has 0 unspecified atom stereocenters. The smallest absolute Gasteiger partial charge is 0.279 e. The van der Waals surface area contributed by atoms with E-state index < -0.39 is 23.8 Å². The fourth-order valence-corrected chi connectivity index (χ4v) is 1.56. The van der Waals surface area contributed by atoms with Crippen LogP contribution in [0.15, 0.2) is 24.3 Å². The third-order valence-electron chi connectivity index (χ3n) is 2.24. The SMILES string of the molecule is O=C(Nc1ccc(F)cc1Cl)c1cc(C(F)F)[nH]n1. The van der Waals surface area contributed by atoms with Gasteiger partial charge in [-0.05, 0) is 24.3 Å². The molecule has 0 atom stereocenters. The molecular weight excluding hydrogens is 283 g/mol. The Bertz CT molecular complexity index is 615. The lowest BCUT2D eigenvalue weighted by Gasteiger charge is -2.05. The van der Waals surface area contributed by atoms with Gasteiger partial charge in [0, 0.05) is 0 Å². The summed E-state index contributed by atoms with van der Waals surface area (Å²) in [6.45, 7) is 0. The van der Waals surface area contributed by atoms with Crippen molar-refractivity contribution in [2.45, 2.75) is 6.43 Å². The lowest BCUT2D eigenvalue weighted by Crippen LogP contribution is -2.12. The van der Waals surface area contributed by atoms with Gasteiger partial charge in [-0.3, -0.25) is 9.89 Å². The number of hydrogen-bond acceptors (Lipinski definition) is 2. The predicted molar refractivity (Wildman–Crippen MR) is 62.9 cm³/mol. The van der Waals surface area contributed by atoms with E-state index in [4.69, 9.17) is 11.6 Å². The Morgan fingerprint density at radius 2 is 2.11 bits per heavy atom. The van der Waals surface area contributed by atoms with Crippen LogP contribution >= 0.6 is 11.6 Å². The van der Waals surface area contributed by atoms with Gasteiger partial charge in [0.05, 0.1) is 10.7 Å². The van der Waals surface area contributed by atoms with Gasteiger partial charge in [0.15, 0.2) is 5.69 Å². The van der Waals surface area contributed by atoms with Gasteiger partial charge in [0.1, 0.15) is 11.5 Å². The van der Waals surface area contributed by atoms with E-state index in [0.717, 1.165) is 18.2 Å². The molecule has 1 amide bonds. The van der Waals surface area contributed by atoms with E-state index in [0.29, 0.717) is 0 Å². The number of nitrogens with zero attached hydrogens (tertiary/aromatic N) is 1. The fourth-order valence-electron chi connectivity index (χ4n) is 1.34. The molecule has 2 aromatic rings. The van der Waals surface area contributed by atoms with Crippen molar-refractivity contribution in [3.63, 3.8) is 0 Å². The quantitative estimate of drug-likeness (QED) is 0.910. The third kappa shape index (κ3) is 3.05. The lowest BCUT2D eigenvalue weighted by atomic mass is 10.3. The van der Waals surface area contributed by atoms with E-state index in [-0.39, 0.29) is 16.4 Å². The summed E-state index contributed by atoms with van der Waals surface area (Å²) < 4.78 is 37.4. The maximum Gasteiger partial charge on any atom is 0.279 e. The number of halogens is 4. The van der Waals surface area contributed by atoms with Crippen LogP contribution in [0.5, 0.6) is 0 Å². The molecule has 2 rings (SSSR count). The summed E-state index contributed by atoms with van der Waals surface area (Å²) in [5.41, 5.74) is -0.513. The molecule has 0 aliphatic carbocycles. The van der Waals surface area contributed by atoms with Crippen LogP contribution in [0, 0.1) is 5.82 Å². The summed E-state index contributed by atoms with van der Waals surface area (Å²) in [6, 6.07) is 4.32. The average Bonchev–Trinajstić information content (AvgIpc) is 2.82. The molecule has 0 saturated carbocycles. The number of alkyl halides is 2. The third-order valence-corrected chi connectivity index (χ3v) is 2.56. The van der Waals surface area contributed by atoms with Crippen LogP contribution in [0.4, 0.5) is 18.9 Å². The van der Waals surface area contributed by atoms with Crippen LogP contribution in [0.2, 0.25) is 5.02 Å². The number of amides is 1. The molecule has 19 heavy (non-hydrogen) atoms. The number of aromatic amines is 1. The van der Waals surface area contributed by atoms with Gasteiger partial charge in [0.2, 0.25) is 0 Å². The first-order chi connectivity index (χ1) is 8.97. The zero-order chi connectivity index (χ0) is 14.0. The molecule has 0 fully saturated rings. The number of carbonyl (C=O) groups is 1. The molecule has 8 heteroatoms. The van der Waals surface area contributed by atoms with Crippen LogP contribution < -0.4 is 5.32 Å². The van der Waals surface area contributed by atoms with Gasteiger partial charge in [-0.1, -0.05) is 11.6 Å². The first kappa shape index (κ1) is 13.4. The summed E-state index contributed by atoms with van der Waals surface area (Å²) in [5, 5.41) is 7.83. The van der Waals surface area contributed by atoms with Crippen molar-refractivity contribution >= 4 is 23.2 Å². The van der Waals surface area contributed by atoms with E-state index in [1.165, 1.54) is 6.07 Å². The minimum atomic E-state index is -2.75. The Labute approximate surface area is 110 Å². The minimum absolute atomic E-state index is 0.00188. The first-order valence-corrected chi connectivity index (χ1v) is 5.45. The molecule has 0 aliphatic rings. The number of carbonyl (C=O) groups excluding carboxylic acids is 1. The highest BCUT2D eigenvalue weighted by Crippen LogP contribution is 2.23. The first-order valence-electron chi connectivity index (χ1n) is 5.07. The Kier molecular flexibility index (Phi) is 3.75. The summed E-state index contributed by atoms with van der Waals surface area (Å²) in [4.78, 5) is 11.7. The molecule has 0 aliphatic heterocycles. The Morgan fingerprint density at radius 3 is 2.68 bits per heavy atom. The van der Waals surface area contributed by atoms with Crippen LogP contribution in [0.3, 0.4) is 0 Å². The normalized spacial score (nSPS) is 10.8. The summed E-state index contributed by atoms with van der Waals surface area (Å²) in [6.07, 6.45) is -2.75. The zero-order valence-electron chi connectivity index (χ0n) is 9.25. The zero-order valence-corrected chi connectivity index (χ0v) is 10.0. The van der Waals surface area contributed by atoms with Gasteiger partial charge in [0.25, 0.3) is 12.3 Å². The van der Waals surface area contributed by atoms with Crippen molar-refractivity contribution in [1.82, 2.24) is 10.2 Å². The largest absolute Gasteiger partial charge is 0.319 e. The number of aromatic nitrogens is 2. The number of nitrogens with one attached hydrogen (secondary N) is 2. The second-order valence-electron chi connectivity index (χ2n) is 3.59. The molecule has 1 heterocycles. The molecule has 1 aromatic heterocycles. The number of H-pyrrole nitrogens is 1. The molecule has 0 radical (unpaired) electrons. The second kappa shape index (κ2) is 5.31. The van der Waals surface area contributed by atoms with Crippen molar-refractivity contribution in [3.8, 4) is 0 Å². The molecule has 0 bridgehead atoms. The topological polar surface area (TPSA) is 57.8 Å². The van der Waals surface area contributed by atoms with E-state index in [1.807, 2.05) is 5.10 Å². The van der Waals surface area contributed by atoms with Crippen molar-refractivity contribution in [3.05, 3.63) is 46.5 Å². The Morgan fingerprint density at radius 1 is 1.37 bits per heavy atom. The summed E-state index contributed by atoms with van der Waals surface area (Å²) in [5.74, 6) is -1.28. The van der Waals surface area contributed by atoms with Crippen LogP contribution in [-0.4, -0.2) is 16.1 Å². The van der Waals surface area contributed by atoms with Crippen molar-refractivity contribution in [2.75, 3.05) is 5.32 Å². The van der Waals surface area contributed by atoms with Gasteiger partial charge >= 0.3 is 0 Å². The maximum absolute atomic E-state index is 12.8. The maximum atomic E-state index is 12.8. The molecule has 0 spiro atoms. The van der Waals surface area contributed by atoms with E-state index in [9.17, 15) is 18.0 Å². The van der Waals surface area contributed by atoms with Gasteiger partial charge in [-0.25, -0.2) is 13.2 Å². The molecule has 1 aromatic carbocycles. The van der Waals surface area contributed by atoms with Crippen molar-refractivity contribution in [2.24, 2.45) is 0 Å². The highest BCUT2D eigenvalue weighted by molar-refractivity contribution is 6.33. The minimum Gasteiger partial charge on any atom is -0.319 e. The summed E-state index contributed by atoms with van der Waals surface area (Å²) >= 11 is 5.71. The highest BCUT2D eigenvalue weighted by Gasteiger charge is 2.16. The van der Waals surface area contributed by atoms with Gasteiger partial charge < -0.3 is 5.32 Å². The van der Waals surface area contributed by atoms with Gasteiger partial charge in [-0.2, -0.15) is 5.10 Å². The van der Waals surface area contributed by atoms with Crippen LogP contribution in [0.1, 0.15) is 22.6 Å².